The predicted octanol–water partition coefficient (Wildman–Crippen LogP) is 3.40. The monoisotopic (exact) mass is 423 g/mol. The zero-order chi connectivity index (χ0) is 22.4. The van der Waals surface area contributed by atoms with Crippen LogP contribution in [0.2, 0.25) is 0 Å². The first-order chi connectivity index (χ1) is 14.9. The van der Waals surface area contributed by atoms with Gasteiger partial charge in [-0.05, 0) is 56.2 Å². The highest BCUT2D eigenvalue weighted by atomic mass is 16.5. The Kier molecular flexibility index (Phi) is 6.92. The number of carbonyl (C=O) groups is 2. The lowest BCUT2D eigenvalue weighted by atomic mass is 10.1. The Bertz CT molecular complexity index is 1130. The molecular weight excluding hydrogens is 398 g/mol. The Labute approximate surface area is 179 Å². The Morgan fingerprint density at radius 3 is 2.52 bits per heavy atom. The summed E-state index contributed by atoms with van der Waals surface area (Å²) in [5.41, 5.74) is 2.58. The maximum Gasteiger partial charge on any atom is 0.285 e. The van der Waals surface area contributed by atoms with Gasteiger partial charge in [0, 0.05) is 5.69 Å². The van der Waals surface area contributed by atoms with Crippen LogP contribution in [0.4, 0.5) is 5.69 Å². The summed E-state index contributed by atoms with van der Waals surface area (Å²) in [7, 11) is 0. The van der Waals surface area contributed by atoms with Crippen LogP contribution in [0, 0.1) is 13.8 Å². The van der Waals surface area contributed by atoms with Gasteiger partial charge in [0.05, 0.1) is 12.3 Å². The molecule has 0 spiro atoms. The zero-order valence-corrected chi connectivity index (χ0v) is 17.7. The van der Waals surface area contributed by atoms with Gasteiger partial charge in [-0.3, -0.25) is 19.5 Å². The van der Waals surface area contributed by atoms with E-state index in [-0.39, 0.29) is 24.0 Å². The summed E-state index contributed by atoms with van der Waals surface area (Å²) in [4.78, 5) is 35.9. The average molecular weight is 423 g/mol. The fourth-order valence-corrected chi connectivity index (χ4v) is 3.03. The quantitative estimate of drug-likeness (QED) is 0.514. The van der Waals surface area contributed by atoms with Crippen LogP contribution in [-0.2, 0) is 4.79 Å². The van der Waals surface area contributed by atoms with Crippen molar-refractivity contribution < 1.29 is 19.1 Å². The van der Waals surface area contributed by atoms with Crippen LogP contribution in [-0.4, -0.2) is 35.2 Å². The van der Waals surface area contributed by atoms with Crippen molar-refractivity contribution in [3.8, 4) is 17.3 Å². The minimum atomic E-state index is -0.500. The minimum Gasteiger partial charge on any atom is -0.483 e. The third kappa shape index (κ3) is 5.22. The van der Waals surface area contributed by atoms with Crippen LogP contribution in [0.3, 0.4) is 0 Å². The van der Waals surface area contributed by atoms with Crippen LogP contribution < -0.4 is 20.3 Å². The molecule has 0 saturated carbocycles. The second-order valence-electron chi connectivity index (χ2n) is 7.11. The molecule has 3 aromatic rings. The molecule has 0 aliphatic carbocycles. The van der Waals surface area contributed by atoms with E-state index in [0.29, 0.717) is 30.0 Å². The summed E-state index contributed by atoms with van der Waals surface area (Å²) in [5, 5.41) is 5.55. The number of benzene rings is 2. The van der Waals surface area contributed by atoms with E-state index >= 15 is 0 Å². The maximum atomic E-state index is 12.4. The Balaban J connectivity index is 1.66. The second kappa shape index (κ2) is 9.80. The SMILES string of the molecule is CCCOc1[nH]n(-c2ccc(NC(=O)COc3ccc(C)cc3C)cc2)c(=O)c1C=O. The number of amides is 1. The number of carbonyl (C=O) groups excluding carboxylic acids is 2. The van der Waals surface area contributed by atoms with Gasteiger partial charge < -0.3 is 14.8 Å². The molecule has 162 valence electrons. The summed E-state index contributed by atoms with van der Waals surface area (Å²) in [6.45, 7) is 6.11. The Morgan fingerprint density at radius 2 is 1.87 bits per heavy atom. The van der Waals surface area contributed by atoms with Gasteiger partial charge >= 0.3 is 0 Å². The fourth-order valence-electron chi connectivity index (χ4n) is 3.03. The maximum absolute atomic E-state index is 12.4. The van der Waals surface area contributed by atoms with E-state index in [1.54, 1.807) is 24.3 Å². The van der Waals surface area contributed by atoms with Gasteiger partial charge in [0.15, 0.2) is 12.9 Å². The number of aromatic amines is 1. The van der Waals surface area contributed by atoms with Crippen molar-refractivity contribution in [2.45, 2.75) is 27.2 Å². The van der Waals surface area contributed by atoms with E-state index in [1.807, 2.05) is 39.0 Å². The summed E-state index contributed by atoms with van der Waals surface area (Å²) >= 11 is 0. The molecule has 0 aliphatic heterocycles. The molecule has 2 N–H and O–H groups in total. The van der Waals surface area contributed by atoms with Crippen LogP contribution >= 0.6 is 0 Å². The largest absolute Gasteiger partial charge is 0.483 e. The number of aldehydes is 1. The molecule has 0 unspecified atom stereocenters. The van der Waals surface area contributed by atoms with Crippen molar-refractivity contribution in [2.24, 2.45) is 0 Å². The molecule has 0 saturated heterocycles. The number of anilines is 1. The Morgan fingerprint density at radius 1 is 1.13 bits per heavy atom. The summed E-state index contributed by atoms with van der Waals surface area (Å²) in [6.07, 6.45) is 1.22. The summed E-state index contributed by atoms with van der Waals surface area (Å²) in [6, 6.07) is 12.4. The highest BCUT2D eigenvalue weighted by Gasteiger charge is 2.16. The van der Waals surface area contributed by atoms with Gasteiger partial charge in [0.1, 0.15) is 11.3 Å². The highest BCUT2D eigenvalue weighted by Crippen LogP contribution is 2.19. The molecule has 1 aromatic heterocycles. The van der Waals surface area contributed by atoms with E-state index in [4.69, 9.17) is 9.47 Å². The lowest BCUT2D eigenvalue weighted by Gasteiger charge is -2.10. The molecule has 1 amide bonds. The van der Waals surface area contributed by atoms with Gasteiger partial charge in [-0.2, -0.15) is 0 Å². The topological polar surface area (TPSA) is 102 Å². The number of nitrogens with zero attached hydrogens (tertiary/aromatic N) is 1. The number of nitrogens with one attached hydrogen (secondary N) is 2. The van der Waals surface area contributed by atoms with E-state index in [9.17, 15) is 14.4 Å². The smallest absolute Gasteiger partial charge is 0.285 e. The van der Waals surface area contributed by atoms with Crippen molar-refractivity contribution in [3.63, 3.8) is 0 Å². The molecule has 0 fully saturated rings. The van der Waals surface area contributed by atoms with Crippen molar-refractivity contribution in [2.75, 3.05) is 18.5 Å². The van der Waals surface area contributed by atoms with Gasteiger partial charge in [-0.25, -0.2) is 4.68 Å². The first-order valence-electron chi connectivity index (χ1n) is 9.96. The molecule has 31 heavy (non-hydrogen) atoms. The zero-order valence-electron chi connectivity index (χ0n) is 17.7. The molecule has 0 radical (unpaired) electrons. The number of ether oxygens (including phenoxy) is 2. The van der Waals surface area contributed by atoms with E-state index in [1.165, 1.54) is 4.68 Å². The lowest BCUT2D eigenvalue weighted by Crippen LogP contribution is -2.20. The normalized spacial score (nSPS) is 10.5. The molecule has 3 rings (SSSR count). The number of hydrogen-bond acceptors (Lipinski definition) is 5. The van der Waals surface area contributed by atoms with E-state index in [2.05, 4.69) is 10.4 Å². The van der Waals surface area contributed by atoms with E-state index in [0.717, 1.165) is 17.5 Å². The number of rotatable bonds is 9. The second-order valence-corrected chi connectivity index (χ2v) is 7.11. The van der Waals surface area contributed by atoms with Gasteiger partial charge in [0.2, 0.25) is 5.88 Å². The van der Waals surface area contributed by atoms with Crippen molar-refractivity contribution in [1.82, 2.24) is 9.78 Å². The molecule has 1 heterocycles. The minimum absolute atomic E-state index is 0.0608. The first kappa shape index (κ1) is 21.9. The van der Waals surface area contributed by atoms with Gasteiger partial charge in [-0.15, -0.1) is 0 Å². The van der Waals surface area contributed by atoms with Crippen LogP contribution in [0.5, 0.6) is 11.6 Å². The van der Waals surface area contributed by atoms with Crippen LogP contribution in [0.15, 0.2) is 47.3 Å². The molecule has 0 bridgehead atoms. The Hall–Kier alpha value is -3.81. The van der Waals surface area contributed by atoms with Crippen molar-refractivity contribution >= 4 is 17.9 Å². The molecule has 2 aromatic carbocycles. The third-order valence-corrected chi connectivity index (χ3v) is 4.56. The third-order valence-electron chi connectivity index (χ3n) is 4.56. The van der Waals surface area contributed by atoms with Gasteiger partial charge in [0.25, 0.3) is 11.5 Å². The standard InChI is InChI=1S/C23H25N3O5/c1-4-11-30-22-19(13-27)23(29)26(25-22)18-8-6-17(7-9-18)24-21(28)14-31-20-10-5-15(2)12-16(20)3/h5-10,12-13,25H,4,11,14H2,1-3H3,(H,24,28). The average Bonchev–Trinajstić information content (AvgIpc) is 3.07. The van der Waals surface area contributed by atoms with Gasteiger partial charge in [-0.1, -0.05) is 24.6 Å². The number of aromatic nitrogens is 2. The summed E-state index contributed by atoms with van der Waals surface area (Å²) < 4.78 is 12.2. The highest BCUT2D eigenvalue weighted by molar-refractivity contribution is 5.92. The van der Waals surface area contributed by atoms with Crippen molar-refractivity contribution in [3.05, 3.63) is 69.5 Å². The van der Waals surface area contributed by atoms with Crippen molar-refractivity contribution in [1.29, 1.82) is 0 Å². The molecular formula is C23H25N3O5. The first-order valence-corrected chi connectivity index (χ1v) is 9.96. The molecule has 0 atom stereocenters. The predicted molar refractivity (Wildman–Crippen MR) is 118 cm³/mol. The molecule has 8 nitrogen and oxygen atoms in total. The number of hydrogen-bond donors (Lipinski definition) is 2. The number of H-pyrrole nitrogens is 1. The molecule has 8 heteroatoms. The number of aryl methyl sites for hydroxylation is 2. The fraction of sp³-hybridized carbons (Fsp3) is 0.261. The summed E-state index contributed by atoms with van der Waals surface area (Å²) in [5.74, 6) is 0.500. The lowest BCUT2D eigenvalue weighted by molar-refractivity contribution is -0.118. The van der Waals surface area contributed by atoms with Crippen LogP contribution in [0.25, 0.3) is 5.69 Å². The molecule has 0 aliphatic rings. The van der Waals surface area contributed by atoms with Crippen LogP contribution in [0.1, 0.15) is 34.8 Å². The van der Waals surface area contributed by atoms with E-state index < -0.39 is 5.56 Å².